The predicted octanol–water partition coefficient (Wildman–Crippen LogP) is 1.37. The third-order valence-corrected chi connectivity index (χ3v) is 2.91. The number of hydrogen-bond donors (Lipinski definition) is 1. The molecular formula is C12H17N2. The summed E-state index contributed by atoms with van der Waals surface area (Å²) in [5.74, 6) is 0.531. The topological polar surface area (TPSA) is 26.1 Å². The number of nitrogens with one attached hydrogen (secondary N) is 1. The van der Waals surface area contributed by atoms with E-state index in [4.69, 9.17) is 0 Å². The normalized spacial score (nSPS) is 24.5. The second-order valence-electron chi connectivity index (χ2n) is 3.88. The molecule has 2 rings (SSSR count). The van der Waals surface area contributed by atoms with Gasteiger partial charge in [-0.05, 0) is 11.5 Å². The first-order chi connectivity index (χ1) is 6.88. The quantitative estimate of drug-likeness (QED) is 0.747. The van der Waals surface area contributed by atoms with Gasteiger partial charge in [0.1, 0.15) is 0 Å². The van der Waals surface area contributed by atoms with Crippen molar-refractivity contribution in [2.24, 2.45) is 0 Å². The van der Waals surface area contributed by atoms with Crippen molar-refractivity contribution in [2.45, 2.75) is 18.9 Å². The van der Waals surface area contributed by atoms with Crippen LogP contribution in [0.1, 0.15) is 18.4 Å². The van der Waals surface area contributed by atoms with Gasteiger partial charge in [-0.25, -0.2) is 5.32 Å². The fraction of sp³-hybridized carbons (Fsp3) is 0.500. The number of hydrogen-bond acceptors (Lipinski definition) is 1. The van der Waals surface area contributed by atoms with Crippen molar-refractivity contribution in [3.63, 3.8) is 0 Å². The molecule has 2 heteroatoms. The Morgan fingerprint density at radius 2 is 2.14 bits per heavy atom. The molecule has 2 atom stereocenters. The summed E-state index contributed by atoms with van der Waals surface area (Å²) in [7, 11) is 0. The van der Waals surface area contributed by atoms with Gasteiger partial charge in [0.05, 0.1) is 0 Å². The van der Waals surface area contributed by atoms with Gasteiger partial charge in [-0.15, -0.1) is 0 Å². The lowest BCUT2D eigenvalue weighted by molar-refractivity contribution is 0.370. The molecule has 1 N–H and O–H groups in total. The molecule has 1 heterocycles. The highest BCUT2D eigenvalue weighted by atomic mass is 15.1. The van der Waals surface area contributed by atoms with Crippen molar-refractivity contribution in [3.8, 4) is 0 Å². The van der Waals surface area contributed by atoms with Gasteiger partial charge in [0, 0.05) is 25.7 Å². The molecule has 1 aliphatic rings. The Kier molecular flexibility index (Phi) is 3.17. The molecule has 1 aromatic carbocycles. The van der Waals surface area contributed by atoms with Gasteiger partial charge in [-0.2, -0.15) is 0 Å². The Balaban J connectivity index is 2.03. The molecule has 1 aliphatic heterocycles. The minimum atomic E-state index is 0.450. The van der Waals surface area contributed by atoms with Crippen LogP contribution in [-0.4, -0.2) is 25.7 Å². The lowest BCUT2D eigenvalue weighted by Gasteiger charge is -2.28. The number of piperazine rings is 1. The third kappa shape index (κ3) is 2.14. The summed E-state index contributed by atoms with van der Waals surface area (Å²) in [6, 6.07) is 11.1. The lowest BCUT2D eigenvalue weighted by atomic mass is 9.92. The van der Waals surface area contributed by atoms with Crippen molar-refractivity contribution in [1.29, 1.82) is 0 Å². The van der Waals surface area contributed by atoms with E-state index >= 15 is 0 Å². The molecule has 0 amide bonds. The SMILES string of the molecule is CC(c1ccccc1)C1CNCC[N]1. The Bertz CT molecular complexity index is 265. The molecule has 14 heavy (non-hydrogen) atoms. The van der Waals surface area contributed by atoms with Crippen molar-refractivity contribution in [2.75, 3.05) is 19.6 Å². The predicted molar refractivity (Wildman–Crippen MR) is 58.5 cm³/mol. The van der Waals surface area contributed by atoms with E-state index in [2.05, 4.69) is 47.9 Å². The van der Waals surface area contributed by atoms with Crippen molar-refractivity contribution >= 4 is 0 Å². The van der Waals surface area contributed by atoms with Crippen molar-refractivity contribution in [1.82, 2.24) is 10.6 Å². The van der Waals surface area contributed by atoms with Crippen LogP contribution in [0.4, 0.5) is 0 Å². The van der Waals surface area contributed by atoms with Crippen molar-refractivity contribution < 1.29 is 0 Å². The molecule has 2 nitrogen and oxygen atoms in total. The maximum Gasteiger partial charge on any atom is 0.0437 e. The van der Waals surface area contributed by atoms with Gasteiger partial charge >= 0.3 is 0 Å². The van der Waals surface area contributed by atoms with E-state index in [1.54, 1.807) is 0 Å². The second kappa shape index (κ2) is 4.58. The zero-order valence-corrected chi connectivity index (χ0v) is 8.61. The van der Waals surface area contributed by atoms with Gasteiger partial charge in [-0.1, -0.05) is 37.3 Å². The molecule has 1 aromatic rings. The summed E-state index contributed by atoms with van der Waals surface area (Å²) in [6.45, 7) is 5.28. The number of nitrogens with zero attached hydrogens (tertiary/aromatic N) is 1. The van der Waals surface area contributed by atoms with Gasteiger partial charge in [0.2, 0.25) is 0 Å². The minimum absolute atomic E-state index is 0.450. The molecule has 0 spiro atoms. The van der Waals surface area contributed by atoms with E-state index in [1.807, 2.05) is 0 Å². The second-order valence-corrected chi connectivity index (χ2v) is 3.88. The fourth-order valence-corrected chi connectivity index (χ4v) is 1.94. The number of benzene rings is 1. The summed E-state index contributed by atoms with van der Waals surface area (Å²) in [5.41, 5.74) is 1.39. The lowest BCUT2D eigenvalue weighted by Crippen LogP contribution is -2.46. The summed E-state index contributed by atoms with van der Waals surface area (Å²) < 4.78 is 0. The van der Waals surface area contributed by atoms with Gasteiger partial charge < -0.3 is 5.32 Å². The van der Waals surface area contributed by atoms with Gasteiger partial charge in [0.15, 0.2) is 0 Å². The largest absolute Gasteiger partial charge is 0.314 e. The molecule has 0 aliphatic carbocycles. The molecule has 2 unspecified atom stereocenters. The molecule has 75 valence electrons. The molecular weight excluding hydrogens is 172 g/mol. The number of rotatable bonds is 2. The standard InChI is InChI=1S/C12H17N2/c1-10(11-5-3-2-4-6-11)12-9-13-7-8-14-12/h2-6,10,12-13H,7-9H2,1H3. The summed E-state index contributed by atoms with van der Waals surface area (Å²) in [5, 5.41) is 8.03. The first-order valence-electron chi connectivity index (χ1n) is 5.30. The highest BCUT2D eigenvalue weighted by Gasteiger charge is 2.21. The maximum atomic E-state index is 4.64. The molecule has 1 fully saturated rings. The fourth-order valence-electron chi connectivity index (χ4n) is 1.94. The van der Waals surface area contributed by atoms with Crippen LogP contribution in [0.3, 0.4) is 0 Å². The average Bonchev–Trinajstić information content (AvgIpc) is 2.30. The van der Waals surface area contributed by atoms with E-state index in [9.17, 15) is 0 Å². The summed E-state index contributed by atoms with van der Waals surface area (Å²) in [4.78, 5) is 0. The molecule has 0 bridgehead atoms. The first kappa shape index (κ1) is 9.69. The molecule has 0 saturated carbocycles. The van der Waals surface area contributed by atoms with Gasteiger partial charge in [-0.3, -0.25) is 0 Å². The van der Waals surface area contributed by atoms with E-state index in [-0.39, 0.29) is 0 Å². The van der Waals surface area contributed by atoms with Crippen LogP contribution in [-0.2, 0) is 0 Å². The van der Waals surface area contributed by atoms with E-state index in [0.717, 1.165) is 19.6 Å². The molecule has 1 saturated heterocycles. The average molecular weight is 189 g/mol. The van der Waals surface area contributed by atoms with Crippen LogP contribution in [0.15, 0.2) is 30.3 Å². The van der Waals surface area contributed by atoms with E-state index in [0.29, 0.717) is 12.0 Å². The Labute approximate surface area is 85.7 Å². The smallest absolute Gasteiger partial charge is 0.0437 e. The van der Waals surface area contributed by atoms with Crippen LogP contribution in [0.2, 0.25) is 0 Å². The van der Waals surface area contributed by atoms with Crippen LogP contribution in [0.25, 0.3) is 0 Å². The Morgan fingerprint density at radius 3 is 2.79 bits per heavy atom. The van der Waals surface area contributed by atoms with Crippen LogP contribution >= 0.6 is 0 Å². The first-order valence-corrected chi connectivity index (χ1v) is 5.30. The zero-order valence-electron chi connectivity index (χ0n) is 8.61. The van der Waals surface area contributed by atoms with Crippen molar-refractivity contribution in [3.05, 3.63) is 35.9 Å². The third-order valence-electron chi connectivity index (χ3n) is 2.91. The maximum absolute atomic E-state index is 4.64. The highest BCUT2D eigenvalue weighted by molar-refractivity contribution is 5.20. The summed E-state index contributed by atoms with van der Waals surface area (Å²) >= 11 is 0. The summed E-state index contributed by atoms with van der Waals surface area (Å²) in [6.07, 6.45) is 0. The van der Waals surface area contributed by atoms with Crippen LogP contribution < -0.4 is 10.6 Å². The Morgan fingerprint density at radius 1 is 1.36 bits per heavy atom. The van der Waals surface area contributed by atoms with Crippen LogP contribution in [0.5, 0.6) is 0 Å². The van der Waals surface area contributed by atoms with E-state index < -0.39 is 0 Å². The van der Waals surface area contributed by atoms with E-state index in [1.165, 1.54) is 5.56 Å². The Hall–Kier alpha value is -0.860. The zero-order chi connectivity index (χ0) is 9.80. The molecule has 0 aromatic heterocycles. The van der Waals surface area contributed by atoms with Crippen LogP contribution in [0, 0.1) is 0 Å². The monoisotopic (exact) mass is 189 g/mol. The highest BCUT2D eigenvalue weighted by Crippen LogP contribution is 2.19. The molecule has 1 radical (unpaired) electrons. The van der Waals surface area contributed by atoms with Gasteiger partial charge in [0.25, 0.3) is 0 Å². The minimum Gasteiger partial charge on any atom is -0.314 e.